The Bertz CT molecular complexity index is 857. The summed E-state index contributed by atoms with van der Waals surface area (Å²) in [4.78, 5) is 4.08. The number of nitrogens with zero attached hydrogens (tertiary/aromatic N) is 5. The molecule has 3 heterocycles. The molecule has 0 aliphatic rings. The van der Waals surface area contributed by atoms with E-state index in [1.165, 1.54) is 12.3 Å². The maximum atomic E-state index is 12.1. The van der Waals surface area contributed by atoms with Crippen LogP contribution < -0.4 is 10.1 Å². The van der Waals surface area contributed by atoms with Crippen LogP contribution in [0.1, 0.15) is 32.3 Å². The number of rotatable bonds is 5. The molecular weight excluding hydrogens is 330 g/mol. The SMILES string of the molecule is CC(C)(C)c1nnc2ccc(NCc3ccc(OC(F)F)cn3)nn12. The lowest BCUT2D eigenvalue weighted by molar-refractivity contribution is -0.0500. The van der Waals surface area contributed by atoms with E-state index >= 15 is 0 Å². The van der Waals surface area contributed by atoms with E-state index in [1.807, 2.05) is 26.8 Å². The van der Waals surface area contributed by atoms with Crippen molar-refractivity contribution in [1.29, 1.82) is 0 Å². The molecule has 0 aliphatic carbocycles. The van der Waals surface area contributed by atoms with Crippen molar-refractivity contribution in [2.24, 2.45) is 0 Å². The third-order valence-electron chi connectivity index (χ3n) is 3.41. The minimum absolute atomic E-state index is 0.0256. The van der Waals surface area contributed by atoms with Gasteiger partial charge in [0.15, 0.2) is 11.5 Å². The van der Waals surface area contributed by atoms with Crippen LogP contribution in [0.3, 0.4) is 0 Å². The lowest BCUT2D eigenvalue weighted by Gasteiger charge is -2.15. The Morgan fingerprint density at radius 1 is 1.16 bits per heavy atom. The van der Waals surface area contributed by atoms with Crippen molar-refractivity contribution in [2.75, 3.05) is 5.32 Å². The van der Waals surface area contributed by atoms with E-state index in [-0.39, 0.29) is 11.2 Å². The van der Waals surface area contributed by atoms with Crippen molar-refractivity contribution < 1.29 is 13.5 Å². The van der Waals surface area contributed by atoms with Crippen molar-refractivity contribution in [1.82, 2.24) is 24.8 Å². The Balaban J connectivity index is 1.73. The van der Waals surface area contributed by atoms with Crippen molar-refractivity contribution in [2.45, 2.75) is 39.3 Å². The van der Waals surface area contributed by atoms with Gasteiger partial charge in [0.05, 0.1) is 18.4 Å². The number of fused-ring (bicyclic) bond motifs is 1. The first-order valence-corrected chi connectivity index (χ1v) is 7.69. The van der Waals surface area contributed by atoms with E-state index in [4.69, 9.17) is 0 Å². The lowest BCUT2D eigenvalue weighted by Crippen LogP contribution is -2.17. The first kappa shape index (κ1) is 17.0. The third kappa shape index (κ3) is 3.98. The molecule has 3 aromatic rings. The maximum absolute atomic E-state index is 12.1. The minimum Gasteiger partial charge on any atom is -0.433 e. The smallest absolute Gasteiger partial charge is 0.387 e. The Labute approximate surface area is 143 Å². The topological polar surface area (TPSA) is 77.2 Å². The summed E-state index contributed by atoms with van der Waals surface area (Å²) in [5.41, 5.74) is 1.15. The number of aromatic nitrogens is 5. The highest BCUT2D eigenvalue weighted by Crippen LogP contribution is 2.21. The van der Waals surface area contributed by atoms with Crippen molar-refractivity contribution in [3.05, 3.63) is 42.0 Å². The largest absolute Gasteiger partial charge is 0.433 e. The van der Waals surface area contributed by atoms with Gasteiger partial charge in [-0.2, -0.15) is 13.3 Å². The van der Waals surface area contributed by atoms with Gasteiger partial charge in [0.1, 0.15) is 11.6 Å². The number of halogens is 2. The molecule has 0 spiro atoms. The molecule has 132 valence electrons. The molecule has 3 aromatic heterocycles. The number of alkyl halides is 2. The van der Waals surface area contributed by atoms with E-state index in [1.54, 1.807) is 16.6 Å². The number of hydrogen-bond acceptors (Lipinski definition) is 6. The molecule has 1 N–H and O–H groups in total. The summed E-state index contributed by atoms with van der Waals surface area (Å²) in [7, 11) is 0. The molecule has 0 radical (unpaired) electrons. The highest BCUT2D eigenvalue weighted by Gasteiger charge is 2.21. The summed E-state index contributed by atoms with van der Waals surface area (Å²) in [6, 6.07) is 6.68. The molecule has 0 saturated carbocycles. The summed E-state index contributed by atoms with van der Waals surface area (Å²) in [6.07, 6.45) is 1.26. The second kappa shape index (κ2) is 6.58. The van der Waals surface area contributed by atoms with Gasteiger partial charge < -0.3 is 10.1 Å². The summed E-state index contributed by atoms with van der Waals surface area (Å²) in [5, 5.41) is 16.0. The van der Waals surface area contributed by atoms with Gasteiger partial charge in [-0.15, -0.1) is 15.3 Å². The van der Waals surface area contributed by atoms with Crippen LogP contribution >= 0.6 is 0 Å². The first-order chi connectivity index (χ1) is 11.8. The first-order valence-electron chi connectivity index (χ1n) is 7.69. The van der Waals surface area contributed by atoms with Crippen LogP contribution in [0.15, 0.2) is 30.5 Å². The van der Waals surface area contributed by atoms with Crippen LogP contribution in [0, 0.1) is 0 Å². The van der Waals surface area contributed by atoms with E-state index < -0.39 is 6.61 Å². The summed E-state index contributed by atoms with van der Waals surface area (Å²) in [6.45, 7) is 3.65. The number of ether oxygens (including phenoxy) is 1. The Morgan fingerprint density at radius 2 is 1.96 bits per heavy atom. The van der Waals surface area contributed by atoms with Gasteiger partial charge in [0.25, 0.3) is 0 Å². The second-order valence-electron chi connectivity index (χ2n) is 6.48. The molecule has 0 fully saturated rings. The number of pyridine rings is 1. The molecule has 25 heavy (non-hydrogen) atoms. The molecule has 0 atom stereocenters. The Hall–Kier alpha value is -2.84. The van der Waals surface area contributed by atoms with Crippen LogP contribution in [0.25, 0.3) is 5.65 Å². The van der Waals surface area contributed by atoms with Crippen LogP contribution in [0.2, 0.25) is 0 Å². The molecule has 9 heteroatoms. The van der Waals surface area contributed by atoms with E-state index in [0.29, 0.717) is 23.7 Å². The van der Waals surface area contributed by atoms with Gasteiger partial charge in [-0.1, -0.05) is 20.8 Å². The molecule has 0 bridgehead atoms. The van der Waals surface area contributed by atoms with E-state index in [9.17, 15) is 8.78 Å². The standard InChI is InChI=1S/C16H18F2N6O/c1-16(2,3)14-22-21-13-7-6-12(23-24(13)14)20-8-10-4-5-11(9-19-10)25-15(17)18/h4-7,9,15H,8H2,1-3H3,(H,20,23). The minimum atomic E-state index is -2.86. The van der Waals surface area contributed by atoms with Crippen LogP contribution in [-0.2, 0) is 12.0 Å². The number of nitrogens with one attached hydrogen (secondary N) is 1. The fraction of sp³-hybridized carbons (Fsp3) is 0.375. The number of hydrogen-bond donors (Lipinski definition) is 1. The average Bonchev–Trinajstić information content (AvgIpc) is 2.97. The molecule has 0 saturated heterocycles. The molecule has 0 aliphatic heterocycles. The van der Waals surface area contributed by atoms with E-state index in [0.717, 1.165) is 5.82 Å². The molecule has 0 unspecified atom stereocenters. The van der Waals surface area contributed by atoms with Gasteiger partial charge in [-0.25, -0.2) is 0 Å². The predicted octanol–water partition coefficient (Wildman–Crippen LogP) is 3.03. The van der Waals surface area contributed by atoms with Gasteiger partial charge in [-0.05, 0) is 24.3 Å². The van der Waals surface area contributed by atoms with Crippen molar-refractivity contribution >= 4 is 11.5 Å². The summed E-state index contributed by atoms with van der Waals surface area (Å²) < 4.78 is 30.2. The summed E-state index contributed by atoms with van der Waals surface area (Å²) >= 11 is 0. The fourth-order valence-electron chi connectivity index (χ4n) is 2.22. The van der Waals surface area contributed by atoms with Crippen molar-refractivity contribution in [3.63, 3.8) is 0 Å². The fourth-order valence-corrected chi connectivity index (χ4v) is 2.22. The lowest BCUT2D eigenvalue weighted by atomic mass is 9.96. The summed E-state index contributed by atoms with van der Waals surface area (Å²) in [5.74, 6) is 1.42. The Morgan fingerprint density at radius 3 is 2.60 bits per heavy atom. The molecule has 7 nitrogen and oxygen atoms in total. The van der Waals surface area contributed by atoms with Crippen LogP contribution in [0.5, 0.6) is 5.75 Å². The van der Waals surface area contributed by atoms with Crippen molar-refractivity contribution in [3.8, 4) is 5.75 Å². The quantitative estimate of drug-likeness (QED) is 0.764. The van der Waals surface area contributed by atoms with Gasteiger partial charge in [-0.3, -0.25) is 4.98 Å². The predicted molar refractivity (Wildman–Crippen MR) is 87.7 cm³/mol. The van der Waals surface area contributed by atoms with Crippen LogP contribution in [0.4, 0.5) is 14.6 Å². The zero-order chi connectivity index (χ0) is 18.0. The zero-order valence-electron chi connectivity index (χ0n) is 14.1. The molecular formula is C16H18F2N6O. The highest BCUT2D eigenvalue weighted by atomic mass is 19.3. The second-order valence-corrected chi connectivity index (χ2v) is 6.48. The normalized spacial score (nSPS) is 11.9. The third-order valence-corrected chi connectivity index (χ3v) is 3.41. The van der Waals surface area contributed by atoms with E-state index in [2.05, 4.69) is 30.3 Å². The van der Waals surface area contributed by atoms with Gasteiger partial charge in [0, 0.05) is 5.41 Å². The molecule has 3 rings (SSSR count). The number of anilines is 1. The monoisotopic (exact) mass is 348 g/mol. The zero-order valence-corrected chi connectivity index (χ0v) is 14.1. The maximum Gasteiger partial charge on any atom is 0.387 e. The van der Waals surface area contributed by atoms with Gasteiger partial charge in [0.2, 0.25) is 0 Å². The Kier molecular flexibility index (Phi) is 4.47. The van der Waals surface area contributed by atoms with Gasteiger partial charge >= 0.3 is 6.61 Å². The average molecular weight is 348 g/mol. The molecule has 0 amide bonds. The van der Waals surface area contributed by atoms with Crippen LogP contribution in [-0.4, -0.2) is 31.4 Å². The molecule has 0 aromatic carbocycles. The highest BCUT2D eigenvalue weighted by molar-refractivity contribution is 5.44.